The fraction of sp³-hybridized carbons (Fsp3) is 0.292. The first-order valence-electron chi connectivity index (χ1n) is 10.8. The van der Waals surface area contributed by atoms with Crippen LogP contribution in [0.25, 0.3) is 11.3 Å². The molecule has 1 unspecified atom stereocenters. The second-order valence-electron chi connectivity index (χ2n) is 7.74. The van der Waals surface area contributed by atoms with Gasteiger partial charge in [-0.25, -0.2) is 14.6 Å². The molecule has 2 aromatic carbocycles. The van der Waals surface area contributed by atoms with E-state index in [-0.39, 0.29) is 12.1 Å². The summed E-state index contributed by atoms with van der Waals surface area (Å²) in [6.07, 6.45) is 2.91. The van der Waals surface area contributed by atoms with Crippen molar-refractivity contribution in [3.8, 4) is 17.1 Å². The third kappa shape index (κ3) is 5.84. The van der Waals surface area contributed by atoms with Gasteiger partial charge >= 0.3 is 12.1 Å². The molecule has 34 heavy (non-hydrogen) atoms. The van der Waals surface area contributed by atoms with Crippen LogP contribution in [0.3, 0.4) is 0 Å². The summed E-state index contributed by atoms with van der Waals surface area (Å²) in [5.41, 5.74) is 2.66. The quantitative estimate of drug-likeness (QED) is 0.466. The number of hydrogen-bond donors (Lipinski definition) is 3. The van der Waals surface area contributed by atoms with Crippen molar-refractivity contribution in [2.75, 3.05) is 31.0 Å². The largest absolute Gasteiger partial charge is 0.496 e. The van der Waals surface area contributed by atoms with Crippen LogP contribution in [0.1, 0.15) is 24.9 Å². The Morgan fingerprint density at radius 2 is 1.97 bits per heavy atom. The standard InChI is InChI=1S/C24H26N4O6/c1-15(26-24(30)34-19-8-9-32-13-19)16-4-3-5-17(10-16)27-23(29)28-18-6-7-20(21(11-18)31-2)22-12-25-14-33-22/h3-7,10-12,14-15,19H,8-9,13H2,1-2H3,(H,26,30)(H2,27,28,29)/t15?,19-/m0/s1. The molecular formula is C24H26N4O6. The number of carbonyl (C=O) groups excluding carboxylic acids is 2. The first-order valence-corrected chi connectivity index (χ1v) is 10.8. The first kappa shape index (κ1) is 23.1. The van der Waals surface area contributed by atoms with Crippen molar-refractivity contribution in [2.45, 2.75) is 25.5 Å². The van der Waals surface area contributed by atoms with Crippen LogP contribution in [0.15, 0.2) is 59.5 Å². The first-order chi connectivity index (χ1) is 16.5. The van der Waals surface area contributed by atoms with Gasteiger partial charge in [0.25, 0.3) is 0 Å². The lowest BCUT2D eigenvalue weighted by Gasteiger charge is -2.17. The Hall–Kier alpha value is -4.05. The zero-order valence-electron chi connectivity index (χ0n) is 18.9. The van der Waals surface area contributed by atoms with Gasteiger partial charge in [0.05, 0.1) is 38.1 Å². The van der Waals surface area contributed by atoms with E-state index in [4.69, 9.17) is 18.6 Å². The van der Waals surface area contributed by atoms with E-state index in [2.05, 4.69) is 20.9 Å². The van der Waals surface area contributed by atoms with Gasteiger partial charge in [0.1, 0.15) is 11.9 Å². The maximum Gasteiger partial charge on any atom is 0.407 e. The molecule has 0 bridgehead atoms. The second-order valence-corrected chi connectivity index (χ2v) is 7.74. The summed E-state index contributed by atoms with van der Waals surface area (Å²) in [4.78, 5) is 28.6. The summed E-state index contributed by atoms with van der Waals surface area (Å²) in [6.45, 7) is 2.86. The van der Waals surface area contributed by atoms with Crippen molar-refractivity contribution < 1.29 is 28.2 Å². The van der Waals surface area contributed by atoms with E-state index in [1.54, 1.807) is 42.6 Å². The van der Waals surface area contributed by atoms with E-state index >= 15 is 0 Å². The maximum absolute atomic E-state index is 12.6. The van der Waals surface area contributed by atoms with Crippen molar-refractivity contribution in [3.63, 3.8) is 0 Å². The number of oxazole rings is 1. The summed E-state index contributed by atoms with van der Waals surface area (Å²) in [6, 6.07) is 11.7. The van der Waals surface area contributed by atoms with Crippen LogP contribution in [0.5, 0.6) is 5.75 Å². The van der Waals surface area contributed by atoms with Crippen LogP contribution in [0, 0.1) is 0 Å². The number of rotatable bonds is 7. The fourth-order valence-corrected chi connectivity index (χ4v) is 3.55. The molecule has 1 aliphatic rings. The number of nitrogens with one attached hydrogen (secondary N) is 3. The van der Waals surface area contributed by atoms with Gasteiger partial charge < -0.3 is 34.6 Å². The Kier molecular flexibility index (Phi) is 7.28. The number of alkyl carbamates (subject to hydrolysis) is 1. The molecule has 3 aromatic rings. The Morgan fingerprint density at radius 3 is 2.68 bits per heavy atom. The molecule has 0 radical (unpaired) electrons. The predicted molar refractivity (Wildman–Crippen MR) is 125 cm³/mol. The summed E-state index contributed by atoms with van der Waals surface area (Å²) >= 11 is 0. The van der Waals surface area contributed by atoms with Gasteiger partial charge in [0.15, 0.2) is 12.2 Å². The van der Waals surface area contributed by atoms with Crippen LogP contribution in [-0.4, -0.2) is 43.5 Å². The molecule has 0 spiro atoms. The number of methoxy groups -OCH3 is 1. The molecule has 10 heteroatoms. The lowest BCUT2D eigenvalue weighted by atomic mass is 10.1. The van der Waals surface area contributed by atoms with Gasteiger partial charge in [0.2, 0.25) is 0 Å². The zero-order valence-corrected chi connectivity index (χ0v) is 18.9. The predicted octanol–water partition coefficient (Wildman–Crippen LogP) is 4.57. The molecule has 1 fully saturated rings. The fourth-order valence-electron chi connectivity index (χ4n) is 3.55. The van der Waals surface area contributed by atoms with Crippen molar-refractivity contribution in [1.82, 2.24) is 10.3 Å². The molecular weight excluding hydrogens is 440 g/mol. The molecule has 4 rings (SSSR count). The number of hydrogen-bond acceptors (Lipinski definition) is 7. The topological polar surface area (TPSA) is 124 Å². The lowest BCUT2D eigenvalue weighted by Crippen LogP contribution is -2.31. The highest BCUT2D eigenvalue weighted by molar-refractivity contribution is 6.00. The van der Waals surface area contributed by atoms with E-state index in [9.17, 15) is 9.59 Å². The van der Waals surface area contributed by atoms with Gasteiger partial charge in [-0.15, -0.1) is 0 Å². The number of carbonyl (C=O) groups is 2. The van der Waals surface area contributed by atoms with Crippen LogP contribution < -0.4 is 20.7 Å². The number of ether oxygens (including phenoxy) is 3. The monoisotopic (exact) mass is 466 g/mol. The Bertz CT molecular complexity index is 1130. The van der Waals surface area contributed by atoms with Crippen LogP contribution >= 0.6 is 0 Å². The molecule has 1 saturated heterocycles. The molecule has 1 aliphatic heterocycles. The number of urea groups is 1. The Morgan fingerprint density at radius 1 is 1.15 bits per heavy atom. The van der Waals surface area contributed by atoms with Crippen molar-refractivity contribution in [2.24, 2.45) is 0 Å². The molecule has 178 valence electrons. The van der Waals surface area contributed by atoms with Crippen molar-refractivity contribution >= 4 is 23.5 Å². The van der Waals surface area contributed by atoms with Crippen LogP contribution in [0.4, 0.5) is 21.0 Å². The Labute approximate surface area is 196 Å². The minimum Gasteiger partial charge on any atom is -0.496 e. The van der Waals surface area contributed by atoms with E-state index < -0.39 is 12.1 Å². The molecule has 2 heterocycles. The Balaban J connectivity index is 1.35. The number of amides is 3. The van der Waals surface area contributed by atoms with Gasteiger partial charge in [-0.1, -0.05) is 12.1 Å². The van der Waals surface area contributed by atoms with Gasteiger partial charge in [-0.3, -0.25) is 0 Å². The zero-order chi connectivity index (χ0) is 23.9. The third-order valence-corrected chi connectivity index (χ3v) is 5.30. The highest BCUT2D eigenvalue weighted by Crippen LogP contribution is 2.32. The van der Waals surface area contributed by atoms with Crippen LogP contribution in [-0.2, 0) is 9.47 Å². The summed E-state index contributed by atoms with van der Waals surface area (Å²) < 4.78 is 21.3. The molecule has 3 amide bonds. The summed E-state index contributed by atoms with van der Waals surface area (Å²) in [7, 11) is 1.54. The van der Waals surface area contributed by atoms with Crippen LogP contribution in [0.2, 0.25) is 0 Å². The SMILES string of the molecule is COc1cc(NC(=O)Nc2cccc(C(C)NC(=O)O[C@H]3CCOC3)c2)ccc1-c1cnco1. The van der Waals surface area contributed by atoms with E-state index in [0.29, 0.717) is 42.5 Å². The number of aromatic nitrogens is 1. The number of anilines is 2. The highest BCUT2D eigenvalue weighted by Gasteiger charge is 2.21. The molecule has 10 nitrogen and oxygen atoms in total. The van der Waals surface area contributed by atoms with Gasteiger partial charge in [0, 0.05) is 23.9 Å². The van der Waals surface area contributed by atoms with Gasteiger partial charge in [-0.05, 0) is 36.8 Å². The van der Waals surface area contributed by atoms with Crippen molar-refractivity contribution in [1.29, 1.82) is 0 Å². The summed E-state index contributed by atoms with van der Waals surface area (Å²) in [5.74, 6) is 1.10. The number of benzene rings is 2. The normalized spacial score (nSPS) is 15.9. The molecule has 0 aliphatic carbocycles. The smallest absolute Gasteiger partial charge is 0.407 e. The molecule has 1 aromatic heterocycles. The molecule has 2 atom stereocenters. The maximum atomic E-state index is 12.6. The number of nitrogens with zero attached hydrogens (tertiary/aromatic N) is 1. The van der Waals surface area contributed by atoms with E-state index in [1.807, 2.05) is 13.0 Å². The molecule has 3 N–H and O–H groups in total. The highest BCUT2D eigenvalue weighted by atomic mass is 16.6. The van der Waals surface area contributed by atoms with E-state index in [1.165, 1.54) is 13.5 Å². The minimum atomic E-state index is -0.498. The average Bonchev–Trinajstić information content (AvgIpc) is 3.53. The minimum absolute atomic E-state index is 0.215. The summed E-state index contributed by atoms with van der Waals surface area (Å²) in [5, 5.41) is 8.38. The second kappa shape index (κ2) is 10.7. The third-order valence-electron chi connectivity index (χ3n) is 5.30. The van der Waals surface area contributed by atoms with E-state index in [0.717, 1.165) is 11.1 Å². The van der Waals surface area contributed by atoms with Gasteiger partial charge in [-0.2, -0.15) is 0 Å². The lowest BCUT2D eigenvalue weighted by molar-refractivity contribution is 0.0812. The van der Waals surface area contributed by atoms with Crippen molar-refractivity contribution in [3.05, 3.63) is 60.6 Å². The average molecular weight is 466 g/mol. The molecule has 0 saturated carbocycles.